The van der Waals surface area contributed by atoms with Crippen molar-refractivity contribution in [1.29, 1.82) is 0 Å². The minimum atomic E-state index is 0.0328. The summed E-state index contributed by atoms with van der Waals surface area (Å²) >= 11 is 0.0328. The first-order chi connectivity index (χ1) is 6.91. The molecule has 0 aromatic carbocycles. The Labute approximate surface area is 100 Å². The van der Waals surface area contributed by atoms with Gasteiger partial charge in [0.1, 0.15) is 0 Å². The van der Waals surface area contributed by atoms with Crippen LogP contribution in [0.25, 0.3) is 0 Å². The zero-order valence-electron chi connectivity index (χ0n) is 9.73. The second-order valence-corrected chi connectivity index (χ2v) is 8.23. The van der Waals surface area contributed by atoms with E-state index in [1.165, 1.54) is 44.9 Å². The van der Waals surface area contributed by atoms with Crippen LogP contribution in [0, 0.1) is 0 Å². The SMILES string of the molecule is CCCCC[CH2][SbH][CH2]CCCCCO. The molecule has 1 N–H and O–H groups in total. The van der Waals surface area contributed by atoms with E-state index in [0.717, 1.165) is 6.42 Å². The molecule has 0 amide bonds. The van der Waals surface area contributed by atoms with Crippen LogP contribution in [0.2, 0.25) is 8.73 Å². The maximum atomic E-state index is 8.60. The number of aliphatic hydroxyl groups excluding tert-OH is 1. The average molecular weight is 309 g/mol. The Balaban J connectivity index is 2.78. The van der Waals surface area contributed by atoms with Crippen molar-refractivity contribution in [2.75, 3.05) is 6.61 Å². The molecule has 0 fully saturated rings. The van der Waals surface area contributed by atoms with Crippen LogP contribution in [0.1, 0.15) is 58.3 Å². The second kappa shape index (κ2) is 13.8. The summed E-state index contributed by atoms with van der Waals surface area (Å²) in [7, 11) is 0. The molecule has 1 nitrogen and oxygen atoms in total. The quantitative estimate of drug-likeness (QED) is 0.458. The van der Waals surface area contributed by atoms with Crippen molar-refractivity contribution in [3.8, 4) is 0 Å². The van der Waals surface area contributed by atoms with Crippen molar-refractivity contribution in [3.63, 3.8) is 0 Å². The zero-order valence-corrected chi connectivity index (χ0v) is 12.6. The van der Waals surface area contributed by atoms with Crippen LogP contribution in [-0.2, 0) is 0 Å². The predicted molar refractivity (Wildman–Crippen MR) is 66.5 cm³/mol. The molecular formula is C12H27OSb. The average Bonchev–Trinajstić information content (AvgIpc) is 2.21. The van der Waals surface area contributed by atoms with E-state index in [1.807, 2.05) is 0 Å². The van der Waals surface area contributed by atoms with E-state index in [-0.39, 0.29) is 21.6 Å². The molecule has 0 spiro atoms. The fraction of sp³-hybridized carbons (Fsp3) is 1.00. The molecule has 0 heterocycles. The van der Waals surface area contributed by atoms with E-state index < -0.39 is 0 Å². The second-order valence-electron chi connectivity index (χ2n) is 3.95. The van der Waals surface area contributed by atoms with Gasteiger partial charge in [0.25, 0.3) is 0 Å². The molecule has 0 bridgehead atoms. The normalized spacial score (nSPS) is 10.7. The van der Waals surface area contributed by atoms with Crippen LogP contribution in [0.5, 0.6) is 0 Å². The number of hydrogen-bond donors (Lipinski definition) is 1. The van der Waals surface area contributed by atoms with Gasteiger partial charge in [-0.25, -0.2) is 0 Å². The fourth-order valence-corrected chi connectivity index (χ4v) is 5.08. The summed E-state index contributed by atoms with van der Waals surface area (Å²) in [5.41, 5.74) is 0. The number of rotatable bonds is 11. The van der Waals surface area contributed by atoms with Crippen molar-refractivity contribution in [2.24, 2.45) is 0 Å². The molecule has 86 valence electrons. The first-order valence-corrected chi connectivity index (χ1v) is 10.3. The molecule has 0 rings (SSSR count). The standard InChI is InChI=1S/C6H13O.C6H13.Sb.H/c1-2-3-4-5-6-7;1-3-5-6-4-2;;/h7H,1-6H2;1,3-6H2,2H3;;. The van der Waals surface area contributed by atoms with Crippen molar-refractivity contribution in [1.82, 2.24) is 0 Å². The molecule has 0 saturated heterocycles. The minimum absolute atomic E-state index is 0.0328. The Kier molecular flexibility index (Phi) is 14.5. The van der Waals surface area contributed by atoms with Crippen LogP contribution in [0.4, 0.5) is 0 Å². The summed E-state index contributed by atoms with van der Waals surface area (Å²) in [4.78, 5) is 0. The van der Waals surface area contributed by atoms with Gasteiger partial charge in [-0.2, -0.15) is 0 Å². The third-order valence-electron chi connectivity index (χ3n) is 2.47. The van der Waals surface area contributed by atoms with Gasteiger partial charge in [-0.1, -0.05) is 0 Å². The molecule has 2 heteroatoms. The van der Waals surface area contributed by atoms with E-state index in [4.69, 9.17) is 5.11 Å². The summed E-state index contributed by atoms with van der Waals surface area (Å²) < 4.78 is 3.17. The van der Waals surface area contributed by atoms with Gasteiger partial charge in [-0.05, 0) is 0 Å². The van der Waals surface area contributed by atoms with Gasteiger partial charge < -0.3 is 0 Å². The Morgan fingerprint density at radius 2 is 1.36 bits per heavy atom. The molecule has 0 aliphatic carbocycles. The van der Waals surface area contributed by atoms with Crippen LogP contribution < -0.4 is 0 Å². The molecule has 0 saturated carbocycles. The van der Waals surface area contributed by atoms with Crippen LogP contribution >= 0.6 is 0 Å². The summed E-state index contributed by atoms with van der Waals surface area (Å²) in [5.74, 6) is 0. The molecule has 0 aliphatic rings. The first kappa shape index (κ1) is 14.8. The van der Waals surface area contributed by atoms with E-state index >= 15 is 0 Å². The van der Waals surface area contributed by atoms with E-state index in [1.54, 1.807) is 8.73 Å². The Hall–Kier alpha value is 0.778. The topological polar surface area (TPSA) is 20.2 Å². The van der Waals surface area contributed by atoms with Crippen molar-refractivity contribution in [3.05, 3.63) is 0 Å². The maximum absolute atomic E-state index is 8.60. The van der Waals surface area contributed by atoms with Gasteiger partial charge in [0.05, 0.1) is 0 Å². The predicted octanol–water partition coefficient (Wildman–Crippen LogP) is 3.39. The first-order valence-electron chi connectivity index (χ1n) is 6.23. The van der Waals surface area contributed by atoms with Crippen LogP contribution in [0.3, 0.4) is 0 Å². The summed E-state index contributed by atoms with van der Waals surface area (Å²) in [6, 6.07) is 0. The number of aliphatic hydroxyl groups is 1. The zero-order chi connectivity index (χ0) is 10.5. The summed E-state index contributed by atoms with van der Waals surface area (Å²) in [5, 5.41) is 8.60. The molecule has 0 unspecified atom stereocenters. The monoisotopic (exact) mass is 308 g/mol. The molecule has 0 aliphatic heterocycles. The Morgan fingerprint density at radius 3 is 1.93 bits per heavy atom. The van der Waals surface area contributed by atoms with Gasteiger partial charge in [0, 0.05) is 0 Å². The Morgan fingerprint density at radius 1 is 0.786 bits per heavy atom. The van der Waals surface area contributed by atoms with Gasteiger partial charge in [0.15, 0.2) is 0 Å². The molecule has 0 radical (unpaired) electrons. The fourth-order valence-electron chi connectivity index (χ4n) is 1.52. The van der Waals surface area contributed by atoms with Gasteiger partial charge >= 0.3 is 100 Å². The van der Waals surface area contributed by atoms with Gasteiger partial charge in [-0.15, -0.1) is 0 Å². The third-order valence-corrected chi connectivity index (χ3v) is 6.51. The van der Waals surface area contributed by atoms with Crippen LogP contribution in [0.15, 0.2) is 0 Å². The number of hydrogen-bond acceptors (Lipinski definition) is 1. The van der Waals surface area contributed by atoms with E-state index in [0.29, 0.717) is 6.61 Å². The van der Waals surface area contributed by atoms with Gasteiger partial charge in [0.2, 0.25) is 0 Å². The van der Waals surface area contributed by atoms with Crippen molar-refractivity contribution in [2.45, 2.75) is 67.0 Å². The van der Waals surface area contributed by atoms with Crippen molar-refractivity contribution < 1.29 is 5.11 Å². The molecular weight excluding hydrogens is 282 g/mol. The van der Waals surface area contributed by atoms with E-state index in [2.05, 4.69) is 6.92 Å². The molecule has 0 aromatic heterocycles. The van der Waals surface area contributed by atoms with Crippen LogP contribution in [-0.4, -0.2) is 33.3 Å². The number of unbranched alkanes of at least 4 members (excludes halogenated alkanes) is 6. The Bertz CT molecular complexity index is 84.3. The summed E-state index contributed by atoms with van der Waals surface area (Å²) in [6.45, 7) is 2.66. The molecule has 0 atom stereocenters. The van der Waals surface area contributed by atoms with E-state index in [9.17, 15) is 0 Å². The van der Waals surface area contributed by atoms with Crippen molar-refractivity contribution >= 4 is 21.6 Å². The molecule has 0 aromatic rings. The molecule has 14 heavy (non-hydrogen) atoms. The van der Waals surface area contributed by atoms with Gasteiger partial charge in [-0.3, -0.25) is 0 Å². The summed E-state index contributed by atoms with van der Waals surface area (Å²) in [6.07, 6.45) is 10.9. The third kappa shape index (κ3) is 12.8.